The van der Waals surface area contributed by atoms with Gasteiger partial charge < -0.3 is 10.2 Å². The minimum absolute atomic E-state index is 0.107. The second-order valence-electron chi connectivity index (χ2n) is 5.89. The van der Waals surface area contributed by atoms with Crippen molar-refractivity contribution in [2.45, 2.75) is 18.9 Å². The molecule has 2 amide bonds. The number of likely N-dealkylation sites (tertiary alicyclic amines) is 1. The number of carbonyl (C=O) groups is 2. The van der Waals surface area contributed by atoms with E-state index in [1.807, 2.05) is 30.3 Å². The van der Waals surface area contributed by atoms with Crippen LogP contribution in [0.5, 0.6) is 0 Å². The summed E-state index contributed by atoms with van der Waals surface area (Å²) in [5, 5.41) is 2.92. The van der Waals surface area contributed by atoms with Crippen LogP contribution in [0.25, 0.3) is 0 Å². The van der Waals surface area contributed by atoms with Crippen LogP contribution in [-0.2, 0) is 4.79 Å². The van der Waals surface area contributed by atoms with Gasteiger partial charge in [-0.25, -0.2) is 4.39 Å². The van der Waals surface area contributed by atoms with Crippen LogP contribution in [0.1, 0.15) is 34.8 Å². The summed E-state index contributed by atoms with van der Waals surface area (Å²) in [4.78, 5) is 26.1. The first-order valence-electron chi connectivity index (χ1n) is 8.02. The van der Waals surface area contributed by atoms with Crippen molar-refractivity contribution in [3.8, 4) is 0 Å². The molecule has 1 N–H and O–H groups in total. The van der Waals surface area contributed by atoms with E-state index in [1.165, 1.54) is 18.2 Å². The number of halogens is 1. The van der Waals surface area contributed by atoms with Gasteiger partial charge in [-0.15, -0.1) is 0 Å². The van der Waals surface area contributed by atoms with E-state index >= 15 is 0 Å². The summed E-state index contributed by atoms with van der Waals surface area (Å²) in [7, 11) is 0. The van der Waals surface area contributed by atoms with Gasteiger partial charge in [0.2, 0.25) is 5.91 Å². The van der Waals surface area contributed by atoms with Gasteiger partial charge in [-0.05, 0) is 30.2 Å². The standard InChI is InChI=1S/C19H19FN2O2/c20-16-9-4-8-15(12-16)19(24)21-17(14-6-2-1-3-7-14)13-22-11-5-10-18(22)23/h1-4,6-9,12,17H,5,10-11,13H2,(H,21,24)/t17-/m1/s1. The molecular formula is C19H19FN2O2. The average Bonchev–Trinajstić information content (AvgIpc) is 3.00. The molecule has 1 atom stereocenters. The molecule has 1 heterocycles. The van der Waals surface area contributed by atoms with Crippen LogP contribution in [0.4, 0.5) is 4.39 Å². The molecule has 0 bridgehead atoms. The summed E-state index contributed by atoms with van der Waals surface area (Å²) in [6.45, 7) is 1.13. The fourth-order valence-corrected chi connectivity index (χ4v) is 2.91. The summed E-state index contributed by atoms with van der Waals surface area (Å²) < 4.78 is 13.3. The molecule has 2 aromatic rings. The Balaban J connectivity index is 1.79. The second kappa shape index (κ2) is 7.25. The molecule has 2 aromatic carbocycles. The summed E-state index contributed by atoms with van der Waals surface area (Å²) >= 11 is 0. The predicted octanol–water partition coefficient (Wildman–Crippen LogP) is 2.92. The minimum atomic E-state index is -0.450. The maximum atomic E-state index is 13.3. The molecule has 0 aromatic heterocycles. The van der Waals surface area contributed by atoms with Crippen molar-refractivity contribution >= 4 is 11.8 Å². The highest BCUT2D eigenvalue weighted by atomic mass is 19.1. The summed E-state index contributed by atoms with van der Waals surface area (Å²) in [6, 6.07) is 14.8. The van der Waals surface area contributed by atoms with Crippen LogP contribution < -0.4 is 5.32 Å². The zero-order valence-electron chi connectivity index (χ0n) is 13.2. The molecule has 4 nitrogen and oxygen atoms in total. The first-order chi connectivity index (χ1) is 11.6. The number of benzene rings is 2. The van der Waals surface area contributed by atoms with E-state index in [4.69, 9.17) is 0 Å². The molecule has 1 fully saturated rings. The van der Waals surface area contributed by atoms with E-state index in [0.717, 1.165) is 12.0 Å². The van der Waals surface area contributed by atoms with E-state index in [0.29, 0.717) is 19.5 Å². The number of hydrogen-bond acceptors (Lipinski definition) is 2. The largest absolute Gasteiger partial charge is 0.343 e. The number of hydrogen-bond donors (Lipinski definition) is 1. The normalized spacial score (nSPS) is 15.4. The van der Waals surface area contributed by atoms with Gasteiger partial charge in [0.15, 0.2) is 0 Å². The Kier molecular flexibility index (Phi) is 4.89. The van der Waals surface area contributed by atoms with Crippen LogP contribution in [-0.4, -0.2) is 29.8 Å². The minimum Gasteiger partial charge on any atom is -0.343 e. The van der Waals surface area contributed by atoms with Gasteiger partial charge in [-0.2, -0.15) is 0 Å². The molecule has 1 aliphatic rings. The van der Waals surface area contributed by atoms with Crippen molar-refractivity contribution in [2.24, 2.45) is 0 Å². The lowest BCUT2D eigenvalue weighted by Crippen LogP contribution is -2.38. The highest BCUT2D eigenvalue weighted by Gasteiger charge is 2.25. The zero-order chi connectivity index (χ0) is 16.9. The molecule has 1 saturated heterocycles. The second-order valence-corrected chi connectivity index (χ2v) is 5.89. The molecule has 3 rings (SSSR count). The van der Waals surface area contributed by atoms with Crippen molar-refractivity contribution in [1.82, 2.24) is 10.2 Å². The molecule has 0 aliphatic carbocycles. The Hall–Kier alpha value is -2.69. The predicted molar refractivity (Wildman–Crippen MR) is 88.9 cm³/mol. The quantitative estimate of drug-likeness (QED) is 0.918. The van der Waals surface area contributed by atoms with E-state index in [-0.39, 0.29) is 23.4 Å². The van der Waals surface area contributed by atoms with Gasteiger partial charge in [0.25, 0.3) is 5.91 Å². The van der Waals surface area contributed by atoms with E-state index in [1.54, 1.807) is 11.0 Å². The molecule has 0 spiro atoms. The Morgan fingerprint density at radius 1 is 1.17 bits per heavy atom. The summed E-state index contributed by atoms with van der Waals surface area (Å²) in [6.07, 6.45) is 1.40. The number of amides is 2. The van der Waals surface area contributed by atoms with Gasteiger partial charge in [0.1, 0.15) is 5.82 Å². The Morgan fingerprint density at radius 2 is 1.96 bits per heavy atom. The van der Waals surface area contributed by atoms with Crippen molar-refractivity contribution in [3.05, 3.63) is 71.5 Å². The van der Waals surface area contributed by atoms with E-state index < -0.39 is 5.82 Å². The van der Waals surface area contributed by atoms with Gasteiger partial charge in [0, 0.05) is 25.1 Å². The fourth-order valence-electron chi connectivity index (χ4n) is 2.91. The highest BCUT2D eigenvalue weighted by molar-refractivity contribution is 5.94. The lowest BCUT2D eigenvalue weighted by Gasteiger charge is -2.25. The molecule has 5 heteroatoms. The summed E-state index contributed by atoms with van der Waals surface area (Å²) in [5.41, 5.74) is 1.19. The van der Waals surface area contributed by atoms with Gasteiger partial charge in [0.05, 0.1) is 6.04 Å². The highest BCUT2D eigenvalue weighted by Crippen LogP contribution is 2.19. The zero-order valence-corrected chi connectivity index (χ0v) is 13.2. The van der Waals surface area contributed by atoms with Crippen LogP contribution in [0.15, 0.2) is 54.6 Å². The number of rotatable bonds is 5. The van der Waals surface area contributed by atoms with Gasteiger partial charge in [-0.1, -0.05) is 36.4 Å². The third kappa shape index (κ3) is 3.79. The SMILES string of the molecule is O=C(N[C@H](CN1CCCC1=O)c1ccccc1)c1cccc(F)c1. The van der Waals surface area contributed by atoms with Crippen LogP contribution >= 0.6 is 0 Å². The molecular weight excluding hydrogens is 307 g/mol. The third-order valence-corrected chi connectivity index (χ3v) is 4.17. The van der Waals surface area contributed by atoms with Crippen LogP contribution in [0, 0.1) is 5.82 Å². The Labute approximate surface area is 140 Å². The van der Waals surface area contributed by atoms with E-state index in [2.05, 4.69) is 5.32 Å². The number of nitrogens with one attached hydrogen (secondary N) is 1. The van der Waals surface area contributed by atoms with Crippen LogP contribution in [0.3, 0.4) is 0 Å². The van der Waals surface area contributed by atoms with Crippen molar-refractivity contribution in [2.75, 3.05) is 13.1 Å². The van der Waals surface area contributed by atoms with Crippen molar-refractivity contribution in [1.29, 1.82) is 0 Å². The average molecular weight is 326 g/mol. The van der Waals surface area contributed by atoms with Gasteiger partial charge in [-0.3, -0.25) is 9.59 Å². The van der Waals surface area contributed by atoms with Crippen molar-refractivity contribution < 1.29 is 14.0 Å². The third-order valence-electron chi connectivity index (χ3n) is 4.17. The maximum absolute atomic E-state index is 13.3. The van der Waals surface area contributed by atoms with Gasteiger partial charge >= 0.3 is 0 Å². The Bertz CT molecular complexity index is 733. The lowest BCUT2D eigenvalue weighted by molar-refractivity contribution is -0.128. The molecule has 124 valence electrons. The molecule has 24 heavy (non-hydrogen) atoms. The number of nitrogens with zero attached hydrogens (tertiary/aromatic N) is 1. The molecule has 1 aliphatic heterocycles. The maximum Gasteiger partial charge on any atom is 0.251 e. The molecule has 0 unspecified atom stereocenters. The molecule has 0 radical (unpaired) electrons. The van der Waals surface area contributed by atoms with E-state index in [9.17, 15) is 14.0 Å². The summed E-state index contributed by atoms with van der Waals surface area (Å²) in [5.74, 6) is -0.695. The first kappa shape index (κ1) is 16.2. The monoisotopic (exact) mass is 326 g/mol. The van der Waals surface area contributed by atoms with Crippen molar-refractivity contribution in [3.63, 3.8) is 0 Å². The number of carbonyl (C=O) groups excluding carboxylic acids is 2. The first-order valence-corrected chi connectivity index (χ1v) is 8.02. The smallest absolute Gasteiger partial charge is 0.251 e. The van der Waals surface area contributed by atoms with Crippen LogP contribution in [0.2, 0.25) is 0 Å². The fraction of sp³-hybridized carbons (Fsp3) is 0.263. The topological polar surface area (TPSA) is 49.4 Å². The molecule has 0 saturated carbocycles. The Morgan fingerprint density at radius 3 is 2.62 bits per heavy atom. The lowest BCUT2D eigenvalue weighted by atomic mass is 10.1.